The molecule has 2 amide bonds. The summed E-state index contributed by atoms with van der Waals surface area (Å²) in [5.74, 6) is 0.725. The third kappa shape index (κ3) is 6.20. The van der Waals surface area contributed by atoms with Crippen molar-refractivity contribution in [3.63, 3.8) is 0 Å². The Balaban J connectivity index is 1.56. The maximum atomic E-state index is 12.5. The van der Waals surface area contributed by atoms with E-state index in [1.807, 2.05) is 24.0 Å². The van der Waals surface area contributed by atoms with E-state index in [0.717, 1.165) is 31.5 Å². The molecule has 2 aromatic rings. The number of carbonyl (C=O) groups is 2. The molecule has 0 radical (unpaired) electrons. The van der Waals surface area contributed by atoms with Gasteiger partial charge < -0.3 is 19.7 Å². The van der Waals surface area contributed by atoms with Crippen LogP contribution < -0.4 is 14.8 Å². The van der Waals surface area contributed by atoms with E-state index in [2.05, 4.69) is 10.3 Å². The van der Waals surface area contributed by atoms with Crippen molar-refractivity contribution in [2.45, 2.75) is 32.6 Å². The van der Waals surface area contributed by atoms with Crippen molar-refractivity contribution < 1.29 is 19.1 Å². The molecule has 0 bridgehead atoms. The lowest BCUT2D eigenvalue weighted by atomic mass is 10.1. The van der Waals surface area contributed by atoms with Gasteiger partial charge in [-0.05, 0) is 62.4 Å². The second-order valence-corrected chi connectivity index (χ2v) is 7.19. The SMILES string of the molecule is CCOc1cc(C(=O)NCCc2cccnc2)ccc1OCC(=O)N1CCCCC1. The van der Waals surface area contributed by atoms with Crippen LogP contribution in [0, 0.1) is 0 Å². The second-order valence-electron chi connectivity index (χ2n) is 7.19. The van der Waals surface area contributed by atoms with Gasteiger partial charge in [0.05, 0.1) is 6.61 Å². The number of carbonyl (C=O) groups excluding carboxylic acids is 2. The third-order valence-electron chi connectivity index (χ3n) is 4.99. The van der Waals surface area contributed by atoms with Crippen LogP contribution in [0.25, 0.3) is 0 Å². The summed E-state index contributed by atoms with van der Waals surface area (Å²) in [5.41, 5.74) is 1.55. The van der Waals surface area contributed by atoms with Crippen LogP contribution in [0.1, 0.15) is 42.1 Å². The van der Waals surface area contributed by atoms with Crippen LogP contribution in [-0.4, -0.2) is 54.5 Å². The number of hydrogen-bond acceptors (Lipinski definition) is 5. The largest absolute Gasteiger partial charge is 0.490 e. The van der Waals surface area contributed by atoms with Crippen molar-refractivity contribution in [1.82, 2.24) is 15.2 Å². The predicted octanol–water partition coefficient (Wildman–Crippen LogP) is 2.84. The maximum absolute atomic E-state index is 12.5. The number of likely N-dealkylation sites (tertiary alicyclic amines) is 1. The Hall–Kier alpha value is -3.09. The number of ether oxygens (including phenoxy) is 2. The minimum Gasteiger partial charge on any atom is -0.490 e. The smallest absolute Gasteiger partial charge is 0.260 e. The van der Waals surface area contributed by atoms with Crippen LogP contribution in [0.5, 0.6) is 11.5 Å². The van der Waals surface area contributed by atoms with Crippen LogP contribution in [0.4, 0.5) is 0 Å². The van der Waals surface area contributed by atoms with Crippen LogP contribution in [-0.2, 0) is 11.2 Å². The molecule has 30 heavy (non-hydrogen) atoms. The van der Waals surface area contributed by atoms with Crippen LogP contribution >= 0.6 is 0 Å². The van der Waals surface area contributed by atoms with Gasteiger partial charge in [-0.3, -0.25) is 14.6 Å². The van der Waals surface area contributed by atoms with E-state index in [-0.39, 0.29) is 18.4 Å². The van der Waals surface area contributed by atoms with Crippen molar-refractivity contribution in [1.29, 1.82) is 0 Å². The van der Waals surface area contributed by atoms with Gasteiger partial charge in [-0.1, -0.05) is 6.07 Å². The molecule has 7 heteroatoms. The third-order valence-corrected chi connectivity index (χ3v) is 4.99. The average Bonchev–Trinajstić information content (AvgIpc) is 2.79. The molecule has 160 valence electrons. The number of nitrogens with one attached hydrogen (secondary N) is 1. The monoisotopic (exact) mass is 411 g/mol. The van der Waals surface area contributed by atoms with Crippen LogP contribution in [0.3, 0.4) is 0 Å². The highest BCUT2D eigenvalue weighted by atomic mass is 16.5. The average molecular weight is 412 g/mol. The number of pyridine rings is 1. The molecule has 0 spiro atoms. The Labute approximate surface area is 177 Å². The first-order chi connectivity index (χ1) is 14.7. The summed E-state index contributed by atoms with van der Waals surface area (Å²) >= 11 is 0. The zero-order valence-corrected chi connectivity index (χ0v) is 17.4. The fourth-order valence-electron chi connectivity index (χ4n) is 3.38. The molecule has 1 aliphatic heterocycles. The zero-order valence-electron chi connectivity index (χ0n) is 17.4. The standard InChI is InChI=1S/C23H29N3O4/c1-2-29-21-15-19(23(28)25-12-10-18-7-6-11-24-16-18)8-9-20(21)30-17-22(27)26-13-4-3-5-14-26/h6-9,11,15-16H,2-5,10,12-14,17H2,1H3,(H,25,28). The Morgan fingerprint density at radius 3 is 2.67 bits per heavy atom. The first kappa shape index (κ1) is 21.6. The van der Waals surface area contributed by atoms with Gasteiger partial charge in [0.1, 0.15) is 0 Å². The number of hydrogen-bond donors (Lipinski definition) is 1. The van der Waals surface area contributed by atoms with Gasteiger partial charge in [0.25, 0.3) is 11.8 Å². The Morgan fingerprint density at radius 1 is 1.10 bits per heavy atom. The molecule has 0 saturated carbocycles. The molecular formula is C23H29N3O4. The van der Waals surface area contributed by atoms with E-state index >= 15 is 0 Å². The summed E-state index contributed by atoms with van der Waals surface area (Å²) in [6, 6.07) is 8.88. The lowest BCUT2D eigenvalue weighted by Gasteiger charge is -2.26. The summed E-state index contributed by atoms with van der Waals surface area (Å²) in [6.45, 7) is 4.36. The molecule has 1 aromatic carbocycles. The second kappa shape index (κ2) is 11.2. The van der Waals surface area contributed by atoms with Crippen molar-refractivity contribution in [3.8, 4) is 11.5 Å². The lowest BCUT2D eigenvalue weighted by Crippen LogP contribution is -2.38. The highest BCUT2D eigenvalue weighted by molar-refractivity contribution is 5.94. The first-order valence-corrected chi connectivity index (χ1v) is 10.5. The molecule has 1 fully saturated rings. The summed E-state index contributed by atoms with van der Waals surface area (Å²) < 4.78 is 11.4. The molecule has 1 aliphatic rings. The quantitative estimate of drug-likeness (QED) is 0.686. The van der Waals surface area contributed by atoms with Crippen molar-refractivity contribution in [2.75, 3.05) is 32.8 Å². The molecule has 1 aromatic heterocycles. The molecular weight excluding hydrogens is 382 g/mol. The molecule has 0 unspecified atom stereocenters. The van der Waals surface area contributed by atoms with Crippen molar-refractivity contribution in [3.05, 3.63) is 53.9 Å². The van der Waals surface area contributed by atoms with E-state index in [1.165, 1.54) is 6.42 Å². The van der Waals surface area contributed by atoms with Crippen molar-refractivity contribution >= 4 is 11.8 Å². The number of amides is 2. The van der Waals surface area contributed by atoms with Gasteiger partial charge in [0.15, 0.2) is 18.1 Å². The van der Waals surface area contributed by atoms with E-state index in [4.69, 9.17) is 9.47 Å². The molecule has 3 rings (SSSR count). The minimum absolute atomic E-state index is 0.0191. The maximum Gasteiger partial charge on any atom is 0.260 e. The Morgan fingerprint density at radius 2 is 1.93 bits per heavy atom. The van der Waals surface area contributed by atoms with Crippen molar-refractivity contribution in [2.24, 2.45) is 0 Å². The van der Waals surface area contributed by atoms with Gasteiger partial charge in [0.2, 0.25) is 0 Å². The molecule has 0 aliphatic carbocycles. The Bertz CT molecular complexity index is 836. The van der Waals surface area contributed by atoms with E-state index < -0.39 is 0 Å². The fourth-order valence-corrected chi connectivity index (χ4v) is 3.38. The highest BCUT2D eigenvalue weighted by Gasteiger charge is 2.18. The molecule has 0 atom stereocenters. The molecule has 2 heterocycles. The number of benzene rings is 1. The van der Waals surface area contributed by atoms with E-state index in [1.54, 1.807) is 30.6 Å². The summed E-state index contributed by atoms with van der Waals surface area (Å²) in [4.78, 5) is 30.7. The molecule has 7 nitrogen and oxygen atoms in total. The highest BCUT2D eigenvalue weighted by Crippen LogP contribution is 2.28. The van der Waals surface area contributed by atoms with Gasteiger partial charge in [0, 0.05) is 37.6 Å². The van der Waals surface area contributed by atoms with E-state index in [0.29, 0.717) is 36.6 Å². The van der Waals surface area contributed by atoms with Crippen LogP contribution in [0.15, 0.2) is 42.7 Å². The van der Waals surface area contributed by atoms with Gasteiger partial charge in [-0.2, -0.15) is 0 Å². The minimum atomic E-state index is -0.184. The number of aromatic nitrogens is 1. The van der Waals surface area contributed by atoms with Gasteiger partial charge >= 0.3 is 0 Å². The van der Waals surface area contributed by atoms with Gasteiger partial charge in [-0.25, -0.2) is 0 Å². The number of rotatable bonds is 9. The lowest BCUT2D eigenvalue weighted by molar-refractivity contribution is -0.134. The summed E-state index contributed by atoms with van der Waals surface area (Å²) in [5, 5.41) is 2.91. The summed E-state index contributed by atoms with van der Waals surface area (Å²) in [7, 11) is 0. The van der Waals surface area contributed by atoms with Crippen LogP contribution in [0.2, 0.25) is 0 Å². The van der Waals surface area contributed by atoms with E-state index in [9.17, 15) is 9.59 Å². The fraction of sp³-hybridized carbons (Fsp3) is 0.435. The topological polar surface area (TPSA) is 80.8 Å². The Kier molecular flexibility index (Phi) is 8.06. The van der Waals surface area contributed by atoms with Gasteiger partial charge in [-0.15, -0.1) is 0 Å². The molecule has 1 saturated heterocycles. The zero-order chi connectivity index (χ0) is 21.2. The summed E-state index contributed by atoms with van der Waals surface area (Å²) in [6.07, 6.45) is 7.47. The number of nitrogens with zero attached hydrogens (tertiary/aromatic N) is 2. The normalized spacial score (nSPS) is 13.6. The first-order valence-electron chi connectivity index (χ1n) is 10.5. The number of piperidine rings is 1. The predicted molar refractivity (Wildman–Crippen MR) is 114 cm³/mol. The molecule has 1 N–H and O–H groups in total.